The van der Waals surface area contributed by atoms with Crippen LogP contribution in [-0.4, -0.2) is 4.57 Å². The molecular weight excluding hydrogens is 669 g/mol. The third-order valence-corrected chi connectivity index (χ3v) is 11.0. The quantitative estimate of drug-likeness (QED) is 0.172. The number of benzene rings is 9. The van der Waals surface area contributed by atoms with Gasteiger partial charge in [0.2, 0.25) is 0 Å². The highest BCUT2D eigenvalue weighted by molar-refractivity contribution is 6.26. The number of hydrogen-bond acceptors (Lipinski definition) is 2. The molecule has 3 nitrogen and oxygen atoms in total. The first kappa shape index (κ1) is 31.2. The predicted octanol–water partition coefficient (Wildman–Crippen LogP) is 14.6. The Morgan fingerprint density at radius 2 is 1.02 bits per heavy atom. The average molecular weight is 703 g/mol. The van der Waals surface area contributed by atoms with Gasteiger partial charge in [-0.05, 0) is 87.6 Å². The molecule has 2 heterocycles. The van der Waals surface area contributed by atoms with Crippen molar-refractivity contribution < 1.29 is 4.42 Å². The van der Waals surface area contributed by atoms with Gasteiger partial charge in [0.15, 0.2) is 5.58 Å². The lowest BCUT2D eigenvalue weighted by atomic mass is 9.95. The number of furan rings is 1. The molecule has 0 fully saturated rings. The maximum absolute atomic E-state index is 7.10. The van der Waals surface area contributed by atoms with Crippen LogP contribution >= 0.6 is 0 Å². The molecule has 0 spiro atoms. The summed E-state index contributed by atoms with van der Waals surface area (Å²) in [5.41, 5.74) is 12.9. The van der Waals surface area contributed by atoms with E-state index in [-0.39, 0.29) is 0 Å². The normalized spacial score (nSPS) is 11.6. The van der Waals surface area contributed by atoms with Crippen LogP contribution in [-0.2, 0) is 0 Å². The fourth-order valence-electron chi connectivity index (χ4n) is 8.55. The topological polar surface area (TPSA) is 21.3 Å². The lowest BCUT2D eigenvalue weighted by molar-refractivity contribution is 0.669. The van der Waals surface area contributed by atoms with Crippen LogP contribution in [0.4, 0.5) is 17.1 Å². The smallest absolute Gasteiger partial charge is 0.160 e. The van der Waals surface area contributed by atoms with Gasteiger partial charge in [-0.1, -0.05) is 152 Å². The summed E-state index contributed by atoms with van der Waals surface area (Å²) in [5, 5.41) is 6.98. The van der Waals surface area contributed by atoms with Crippen LogP contribution in [0.25, 0.3) is 82.5 Å². The highest BCUT2D eigenvalue weighted by atomic mass is 16.3. The molecule has 11 aromatic rings. The highest BCUT2D eigenvalue weighted by Crippen LogP contribution is 2.50. The zero-order chi connectivity index (χ0) is 36.3. The molecule has 0 amide bonds. The molecule has 0 bridgehead atoms. The van der Waals surface area contributed by atoms with E-state index >= 15 is 0 Å². The minimum absolute atomic E-state index is 0.851. The molecule has 11 rings (SSSR count). The third kappa shape index (κ3) is 4.98. The molecule has 2 aromatic heterocycles. The highest BCUT2D eigenvalue weighted by Gasteiger charge is 2.26. The number of hydrogen-bond donors (Lipinski definition) is 0. The van der Waals surface area contributed by atoms with Gasteiger partial charge in [0.1, 0.15) is 5.58 Å². The van der Waals surface area contributed by atoms with Crippen molar-refractivity contribution in [2.24, 2.45) is 0 Å². The molecule has 258 valence electrons. The number of rotatable bonds is 6. The number of para-hydroxylation sites is 2. The van der Waals surface area contributed by atoms with Crippen molar-refractivity contribution in [2.45, 2.75) is 0 Å². The third-order valence-electron chi connectivity index (χ3n) is 11.0. The molecule has 0 saturated carbocycles. The van der Waals surface area contributed by atoms with E-state index in [0.717, 1.165) is 66.8 Å². The van der Waals surface area contributed by atoms with Crippen LogP contribution in [0, 0.1) is 0 Å². The Hall–Kier alpha value is -7.36. The van der Waals surface area contributed by atoms with Crippen molar-refractivity contribution >= 4 is 71.6 Å². The second kappa shape index (κ2) is 12.6. The summed E-state index contributed by atoms with van der Waals surface area (Å²) >= 11 is 0. The van der Waals surface area contributed by atoms with Crippen LogP contribution in [0.3, 0.4) is 0 Å². The molecule has 0 saturated heterocycles. The predicted molar refractivity (Wildman–Crippen MR) is 231 cm³/mol. The minimum Gasteiger partial charge on any atom is -0.454 e. The summed E-state index contributed by atoms with van der Waals surface area (Å²) in [6.07, 6.45) is 0. The van der Waals surface area contributed by atoms with Gasteiger partial charge in [0, 0.05) is 32.9 Å². The van der Waals surface area contributed by atoms with E-state index in [1.165, 1.54) is 32.7 Å². The fraction of sp³-hybridized carbons (Fsp3) is 0. The van der Waals surface area contributed by atoms with Gasteiger partial charge in [-0.25, -0.2) is 0 Å². The maximum atomic E-state index is 7.10. The second-order valence-electron chi connectivity index (χ2n) is 14.1. The Morgan fingerprint density at radius 1 is 0.382 bits per heavy atom. The van der Waals surface area contributed by atoms with E-state index in [0.29, 0.717) is 0 Å². The lowest BCUT2D eigenvalue weighted by Gasteiger charge is -2.27. The van der Waals surface area contributed by atoms with E-state index in [1.54, 1.807) is 0 Å². The fourth-order valence-corrected chi connectivity index (χ4v) is 8.55. The summed E-state index contributed by atoms with van der Waals surface area (Å²) in [6, 6.07) is 73.7. The summed E-state index contributed by atoms with van der Waals surface area (Å²) in [4.78, 5) is 2.40. The van der Waals surface area contributed by atoms with E-state index in [2.05, 4.69) is 216 Å². The van der Waals surface area contributed by atoms with Crippen LogP contribution < -0.4 is 4.90 Å². The Morgan fingerprint density at radius 3 is 1.80 bits per heavy atom. The first-order chi connectivity index (χ1) is 27.3. The summed E-state index contributed by atoms with van der Waals surface area (Å²) in [5.74, 6) is 0. The lowest BCUT2D eigenvalue weighted by Crippen LogP contribution is -2.11. The van der Waals surface area contributed by atoms with E-state index in [1.807, 2.05) is 0 Å². The SMILES string of the molecule is c1ccc(-c2ccc(N(c3ccc(-c4ccccc4)c4c3oc3ccc5ccccc5c34)c3cccc4c3c3ccccc3n4-c3ccccc3)cc2)cc1. The van der Waals surface area contributed by atoms with E-state index in [9.17, 15) is 0 Å². The van der Waals surface area contributed by atoms with Crippen molar-refractivity contribution in [3.05, 3.63) is 206 Å². The van der Waals surface area contributed by atoms with Crippen molar-refractivity contribution in [3.8, 4) is 27.9 Å². The maximum Gasteiger partial charge on any atom is 0.160 e. The van der Waals surface area contributed by atoms with Crippen LogP contribution in [0.5, 0.6) is 0 Å². The van der Waals surface area contributed by atoms with Gasteiger partial charge in [0.05, 0.1) is 22.4 Å². The second-order valence-corrected chi connectivity index (χ2v) is 14.1. The number of fused-ring (bicyclic) bond motifs is 8. The number of anilines is 3. The largest absolute Gasteiger partial charge is 0.454 e. The molecular formula is C52H34N2O. The van der Waals surface area contributed by atoms with Crippen molar-refractivity contribution in [2.75, 3.05) is 4.90 Å². The molecule has 0 aliphatic carbocycles. The van der Waals surface area contributed by atoms with E-state index < -0.39 is 0 Å². The Balaban J connectivity index is 1.25. The standard InChI is InChI=1S/C52H34N2O/c1-4-15-35(16-5-1)36-27-30-40(31-28-36)54(46-26-14-25-45-49(46)43-23-12-13-24-44(43)53(45)39-20-8-3-9-21-39)47-33-32-42(37-17-6-2-7-18-37)51-50-41-22-11-10-19-38(41)29-34-48(50)55-52(47)51/h1-34H. The van der Waals surface area contributed by atoms with Crippen LogP contribution in [0.1, 0.15) is 0 Å². The minimum atomic E-state index is 0.851. The summed E-state index contributed by atoms with van der Waals surface area (Å²) in [6.45, 7) is 0. The molecule has 55 heavy (non-hydrogen) atoms. The molecule has 0 unspecified atom stereocenters. The van der Waals surface area contributed by atoms with Crippen LogP contribution in [0.15, 0.2) is 211 Å². The molecule has 3 heteroatoms. The summed E-state index contributed by atoms with van der Waals surface area (Å²) < 4.78 is 9.48. The first-order valence-electron chi connectivity index (χ1n) is 18.8. The van der Waals surface area contributed by atoms with Gasteiger partial charge in [-0.2, -0.15) is 0 Å². The van der Waals surface area contributed by atoms with Gasteiger partial charge in [-0.3, -0.25) is 0 Å². The van der Waals surface area contributed by atoms with Gasteiger partial charge in [-0.15, -0.1) is 0 Å². The zero-order valence-corrected chi connectivity index (χ0v) is 29.9. The zero-order valence-electron chi connectivity index (χ0n) is 29.9. The first-order valence-corrected chi connectivity index (χ1v) is 18.8. The molecule has 0 aliphatic rings. The number of aromatic nitrogens is 1. The monoisotopic (exact) mass is 702 g/mol. The Labute approximate surface area is 318 Å². The Bertz CT molecular complexity index is 3180. The summed E-state index contributed by atoms with van der Waals surface area (Å²) in [7, 11) is 0. The average Bonchev–Trinajstić information content (AvgIpc) is 3.83. The molecule has 0 atom stereocenters. The van der Waals surface area contributed by atoms with Gasteiger partial charge in [0.25, 0.3) is 0 Å². The molecule has 0 radical (unpaired) electrons. The van der Waals surface area contributed by atoms with Crippen LogP contribution in [0.2, 0.25) is 0 Å². The molecule has 0 aliphatic heterocycles. The molecule has 0 N–H and O–H groups in total. The number of nitrogens with zero attached hydrogens (tertiary/aromatic N) is 2. The van der Waals surface area contributed by atoms with E-state index in [4.69, 9.17) is 4.42 Å². The Kier molecular flexibility index (Phi) is 7.17. The van der Waals surface area contributed by atoms with Crippen molar-refractivity contribution in [1.29, 1.82) is 0 Å². The van der Waals surface area contributed by atoms with Gasteiger partial charge >= 0.3 is 0 Å². The van der Waals surface area contributed by atoms with Crippen molar-refractivity contribution in [3.63, 3.8) is 0 Å². The molecule has 9 aromatic carbocycles. The van der Waals surface area contributed by atoms with Gasteiger partial charge < -0.3 is 13.9 Å². The van der Waals surface area contributed by atoms with Crippen molar-refractivity contribution in [1.82, 2.24) is 4.57 Å².